The fourth-order valence-electron chi connectivity index (χ4n) is 4.28. The Labute approximate surface area is 204 Å². The van der Waals surface area contributed by atoms with E-state index in [0.717, 1.165) is 25.2 Å². The second-order valence-electron chi connectivity index (χ2n) is 8.77. The van der Waals surface area contributed by atoms with Crippen molar-refractivity contribution in [2.24, 2.45) is 0 Å². The van der Waals surface area contributed by atoms with Gasteiger partial charge < -0.3 is 15.1 Å². The maximum atomic E-state index is 13.8. The summed E-state index contributed by atoms with van der Waals surface area (Å²) in [4.78, 5) is 29.4. The highest BCUT2D eigenvalue weighted by Gasteiger charge is 2.19. The van der Waals surface area contributed by atoms with E-state index in [4.69, 9.17) is 0 Å². The van der Waals surface area contributed by atoms with Crippen LogP contribution in [0.4, 0.5) is 14.5 Å². The molecule has 1 N–H and O–H groups in total. The molecule has 0 unspecified atom stereocenters. The third kappa shape index (κ3) is 6.96. The van der Waals surface area contributed by atoms with Crippen LogP contribution in [0.3, 0.4) is 0 Å². The van der Waals surface area contributed by atoms with Gasteiger partial charge in [-0.25, -0.2) is 8.78 Å². The van der Waals surface area contributed by atoms with Crippen molar-refractivity contribution >= 4 is 17.5 Å². The Hall–Kier alpha value is -3.58. The largest absolute Gasteiger partial charge is 0.355 e. The first-order valence-corrected chi connectivity index (χ1v) is 11.9. The molecule has 0 atom stereocenters. The SMILES string of the molecule is O=C(Cc1ccc(N(Cc2cccc(F)c2)C(=O)c2cccc(F)c2)cc1)NCCN1CCCC1. The molecule has 0 aromatic heterocycles. The number of amides is 2. The second-order valence-corrected chi connectivity index (χ2v) is 8.77. The molecule has 35 heavy (non-hydrogen) atoms. The number of nitrogens with zero attached hydrogens (tertiary/aromatic N) is 2. The van der Waals surface area contributed by atoms with Crippen LogP contribution in [-0.2, 0) is 17.8 Å². The number of likely N-dealkylation sites (tertiary alicyclic amines) is 1. The topological polar surface area (TPSA) is 52.7 Å². The number of hydrogen-bond donors (Lipinski definition) is 1. The highest BCUT2D eigenvalue weighted by atomic mass is 19.1. The van der Waals surface area contributed by atoms with Gasteiger partial charge in [0.2, 0.25) is 5.91 Å². The highest BCUT2D eigenvalue weighted by Crippen LogP contribution is 2.22. The van der Waals surface area contributed by atoms with Gasteiger partial charge in [-0.05, 0) is 79.5 Å². The lowest BCUT2D eigenvalue weighted by molar-refractivity contribution is -0.120. The molecule has 1 heterocycles. The predicted molar refractivity (Wildman–Crippen MR) is 132 cm³/mol. The summed E-state index contributed by atoms with van der Waals surface area (Å²) < 4.78 is 27.5. The van der Waals surface area contributed by atoms with Crippen molar-refractivity contribution in [2.45, 2.75) is 25.8 Å². The van der Waals surface area contributed by atoms with Crippen LogP contribution >= 0.6 is 0 Å². The molecule has 1 aliphatic rings. The standard InChI is InChI=1S/C28H29F2N3O2/c29-24-7-3-5-22(17-24)20-33(28(35)23-6-4-8-25(30)19-23)26-11-9-21(10-12-26)18-27(34)31-13-16-32-14-1-2-15-32/h3-12,17,19H,1-2,13-16,18,20H2,(H,31,34). The van der Waals surface area contributed by atoms with E-state index in [1.165, 1.54) is 48.1 Å². The van der Waals surface area contributed by atoms with Crippen LogP contribution in [0.5, 0.6) is 0 Å². The summed E-state index contributed by atoms with van der Waals surface area (Å²) in [6, 6.07) is 18.6. The monoisotopic (exact) mass is 477 g/mol. The molecule has 1 saturated heterocycles. The average molecular weight is 478 g/mol. The maximum absolute atomic E-state index is 13.8. The summed E-state index contributed by atoms with van der Waals surface area (Å²) in [5.74, 6) is -1.36. The molecule has 2 amide bonds. The van der Waals surface area contributed by atoms with Crippen molar-refractivity contribution in [1.29, 1.82) is 0 Å². The summed E-state index contributed by atoms with van der Waals surface area (Å²) in [5, 5.41) is 2.96. The zero-order chi connectivity index (χ0) is 24.6. The first-order valence-electron chi connectivity index (χ1n) is 11.9. The van der Waals surface area contributed by atoms with E-state index >= 15 is 0 Å². The van der Waals surface area contributed by atoms with E-state index in [1.807, 2.05) is 0 Å². The normalized spacial score (nSPS) is 13.5. The quantitative estimate of drug-likeness (QED) is 0.491. The number of carbonyl (C=O) groups excluding carboxylic acids is 2. The molecule has 5 nitrogen and oxygen atoms in total. The third-order valence-electron chi connectivity index (χ3n) is 6.11. The number of benzene rings is 3. The number of rotatable bonds is 9. The Morgan fingerprint density at radius 3 is 2.23 bits per heavy atom. The van der Waals surface area contributed by atoms with Crippen LogP contribution in [-0.4, -0.2) is 42.9 Å². The molecule has 1 fully saturated rings. The number of anilines is 1. The lowest BCUT2D eigenvalue weighted by Gasteiger charge is -2.23. The molecule has 0 saturated carbocycles. The Morgan fingerprint density at radius 1 is 0.857 bits per heavy atom. The highest BCUT2D eigenvalue weighted by molar-refractivity contribution is 6.06. The lowest BCUT2D eigenvalue weighted by atomic mass is 10.1. The summed E-state index contributed by atoms with van der Waals surface area (Å²) in [7, 11) is 0. The number of hydrogen-bond acceptors (Lipinski definition) is 3. The van der Waals surface area contributed by atoms with Crippen LogP contribution < -0.4 is 10.2 Å². The molecule has 0 radical (unpaired) electrons. The van der Waals surface area contributed by atoms with Crippen molar-refractivity contribution in [3.05, 3.63) is 101 Å². The van der Waals surface area contributed by atoms with Crippen LogP contribution in [0.25, 0.3) is 0 Å². The Morgan fingerprint density at radius 2 is 1.54 bits per heavy atom. The Bertz CT molecular complexity index is 1160. The van der Waals surface area contributed by atoms with E-state index in [0.29, 0.717) is 17.8 Å². The van der Waals surface area contributed by atoms with Crippen molar-refractivity contribution in [3.63, 3.8) is 0 Å². The number of halogens is 2. The van der Waals surface area contributed by atoms with Crippen molar-refractivity contribution < 1.29 is 18.4 Å². The molecule has 7 heteroatoms. The minimum Gasteiger partial charge on any atom is -0.355 e. The minimum atomic E-state index is -0.507. The maximum Gasteiger partial charge on any atom is 0.258 e. The Kier molecular flexibility index (Phi) is 8.21. The van der Waals surface area contributed by atoms with Gasteiger partial charge in [0.1, 0.15) is 11.6 Å². The zero-order valence-electron chi connectivity index (χ0n) is 19.6. The third-order valence-corrected chi connectivity index (χ3v) is 6.11. The molecular weight excluding hydrogens is 448 g/mol. The van der Waals surface area contributed by atoms with E-state index in [-0.39, 0.29) is 24.4 Å². The van der Waals surface area contributed by atoms with Gasteiger partial charge in [-0.2, -0.15) is 0 Å². The van der Waals surface area contributed by atoms with Gasteiger partial charge in [-0.15, -0.1) is 0 Å². The molecule has 3 aromatic rings. The molecule has 0 spiro atoms. The van der Waals surface area contributed by atoms with Gasteiger partial charge in [0, 0.05) is 24.3 Å². The van der Waals surface area contributed by atoms with Crippen molar-refractivity contribution in [3.8, 4) is 0 Å². The molecule has 182 valence electrons. The second kappa shape index (κ2) is 11.7. The van der Waals surface area contributed by atoms with Gasteiger partial charge in [-0.3, -0.25) is 9.59 Å². The van der Waals surface area contributed by atoms with Gasteiger partial charge >= 0.3 is 0 Å². The van der Waals surface area contributed by atoms with Crippen LogP contribution in [0, 0.1) is 11.6 Å². The van der Waals surface area contributed by atoms with Crippen LogP contribution in [0.1, 0.15) is 34.3 Å². The van der Waals surface area contributed by atoms with Crippen LogP contribution in [0.15, 0.2) is 72.8 Å². The fourth-order valence-corrected chi connectivity index (χ4v) is 4.28. The molecular formula is C28H29F2N3O2. The first-order chi connectivity index (χ1) is 17.0. The summed E-state index contributed by atoms with van der Waals surface area (Å²) in [5.41, 5.74) is 2.19. The molecule has 0 bridgehead atoms. The predicted octanol–water partition coefficient (Wildman–Crippen LogP) is 4.57. The van der Waals surface area contributed by atoms with Gasteiger partial charge in [0.05, 0.1) is 13.0 Å². The zero-order valence-corrected chi connectivity index (χ0v) is 19.6. The van der Waals surface area contributed by atoms with Gasteiger partial charge in [0.25, 0.3) is 5.91 Å². The first kappa shape index (κ1) is 24.5. The average Bonchev–Trinajstić information content (AvgIpc) is 3.36. The molecule has 4 rings (SSSR count). The minimum absolute atomic E-state index is 0.0515. The lowest BCUT2D eigenvalue weighted by Crippen LogP contribution is -2.34. The van der Waals surface area contributed by atoms with Crippen molar-refractivity contribution in [1.82, 2.24) is 10.2 Å². The summed E-state index contributed by atoms with van der Waals surface area (Å²) >= 11 is 0. The van der Waals surface area contributed by atoms with E-state index in [1.54, 1.807) is 42.5 Å². The smallest absolute Gasteiger partial charge is 0.258 e. The molecule has 0 aliphatic carbocycles. The van der Waals surface area contributed by atoms with Gasteiger partial charge in [0.15, 0.2) is 0 Å². The van der Waals surface area contributed by atoms with Crippen molar-refractivity contribution in [2.75, 3.05) is 31.1 Å². The van der Waals surface area contributed by atoms with E-state index in [9.17, 15) is 18.4 Å². The number of nitrogens with one attached hydrogen (secondary N) is 1. The van der Waals surface area contributed by atoms with Crippen LogP contribution in [0.2, 0.25) is 0 Å². The van der Waals surface area contributed by atoms with E-state index < -0.39 is 17.5 Å². The van der Waals surface area contributed by atoms with Gasteiger partial charge in [-0.1, -0.05) is 30.3 Å². The summed E-state index contributed by atoms with van der Waals surface area (Å²) in [6.45, 7) is 3.79. The van der Waals surface area contributed by atoms with E-state index in [2.05, 4.69) is 10.2 Å². The number of carbonyl (C=O) groups is 2. The summed E-state index contributed by atoms with van der Waals surface area (Å²) in [6.07, 6.45) is 2.68. The molecule has 1 aliphatic heterocycles. The molecule has 3 aromatic carbocycles. The fraction of sp³-hybridized carbons (Fsp3) is 0.286. The Balaban J connectivity index is 1.45.